The minimum atomic E-state index is -0.697. The van der Waals surface area contributed by atoms with Crippen molar-refractivity contribution in [2.24, 2.45) is 5.92 Å². The molecule has 0 aliphatic carbocycles. The molecule has 0 bridgehead atoms. The lowest BCUT2D eigenvalue weighted by atomic mass is 9.96. The van der Waals surface area contributed by atoms with Crippen molar-refractivity contribution >= 4 is 5.97 Å². The fraction of sp³-hybridized carbons (Fsp3) is 0.889. The lowest BCUT2D eigenvalue weighted by Crippen LogP contribution is -2.40. The highest BCUT2D eigenvalue weighted by Gasteiger charge is 2.43. The van der Waals surface area contributed by atoms with Gasteiger partial charge in [0.1, 0.15) is 6.04 Å². The summed E-state index contributed by atoms with van der Waals surface area (Å²) in [4.78, 5) is 12.9. The van der Waals surface area contributed by atoms with Crippen molar-refractivity contribution in [3.05, 3.63) is 0 Å². The van der Waals surface area contributed by atoms with Crippen molar-refractivity contribution in [1.82, 2.24) is 4.90 Å². The molecule has 3 atom stereocenters. The van der Waals surface area contributed by atoms with Crippen molar-refractivity contribution in [2.45, 2.75) is 24.9 Å². The third-order valence-corrected chi connectivity index (χ3v) is 3.26. The Balaban J connectivity index is 2.09. The van der Waals surface area contributed by atoms with Crippen LogP contribution in [-0.4, -0.2) is 48.3 Å². The quantitative estimate of drug-likeness (QED) is 0.633. The Hall–Kier alpha value is -0.610. The molecule has 3 unspecified atom stereocenters. The standard InChI is InChI=1S/C9H15NO3/c1-10-7-2-3-13-5-6(7)4-8(10)9(11)12/h6-8H,2-5H2,1H3,(H,11,12). The van der Waals surface area contributed by atoms with E-state index in [-0.39, 0.29) is 6.04 Å². The maximum absolute atomic E-state index is 10.9. The molecular weight excluding hydrogens is 170 g/mol. The second-order valence-corrected chi connectivity index (χ2v) is 3.95. The van der Waals surface area contributed by atoms with Gasteiger partial charge in [0.05, 0.1) is 6.61 Å². The molecule has 2 rings (SSSR count). The molecule has 2 saturated heterocycles. The number of likely N-dealkylation sites (tertiary alicyclic amines) is 1. The monoisotopic (exact) mass is 185 g/mol. The number of hydrogen-bond donors (Lipinski definition) is 1. The lowest BCUT2D eigenvalue weighted by Gasteiger charge is -2.29. The third-order valence-electron chi connectivity index (χ3n) is 3.26. The van der Waals surface area contributed by atoms with E-state index in [1.807, 2.05) is 11.9 Å². The summed E-state index contributed by atoms with van der Waals surface area (Å²) in [6, 6.07) is 0.131. The summed E-state index contributed by atoms with van der Waals surface area (Å²) >= 11 is 0. The predicted molar refractivity (Wildman–Crippen MR) is 46.5 cm³/mol. The first-order valence-corrected chi connectivity index (χ1v) is 4.72. The third kappa shape index (κ3) is 1.44. The molecule has 0 aromatic carbocycles. The van der Waals surface area contributed by atoms with Gasteiger partial charge in [-0.3, -0.25) is 9.69 Å². The van der Waals surface area contributed by atoms with Crippen molar-refractivity contribution in [3.8, 4) is 0 Å². The Bertz CT molecular complexity index is 219. The number of aliphatic carboxylic acids is 1. The van der Waals surface area contributed by atoms with Crippen LogP contribution < -0.4 is 0 Å². The summed E-state index contributed by atoms with van der Waals surface area (Å²) in [5, 5.41) is 8.95. The second kappa shape index (κ2) is 3.27. The van der Waals surface area contributed by atoms with E-state index in [1.54, 1.807) is 0 Å². The molecule has 2 aliphatic rings. The van der Waals surface area contributed by atoms with Gasteiger partial charge in [-0.05, 0) is 25.8 Å². The molecule has 74 valence electrons. The van der Waals surface area contributed by atoms with E-state index in [1.165, 1.54) is 0 Å². The highest BCUT2D eigenvalue weighted by molar-refractivity contribution is 5.74. The first-order chi connectivity index (χ1) is 6.20. The first-order valence-electron chi connectivity index (χ1n) is 4.72. The van der Waals surface area contributed by atoms with Crippen LogP contribution in [-0.2, 0) is 9.53 Å². The zero-order valence-corrected chi connectivity index (χ0v) is 7.77. The fourth-order valence-electron chi connectivity index (χ4n) is 2.51. The van der Waals surface area contributed by atoms with Gasteiger partial charge in [0.2, 0.25) is 0 Å². The van der Waals surface area contributed by atoms with Crippen LogP contribution in [0.4, 0.5) is 0 Å². The Morgan fingerprint density at radius 3 is 3.00 bits per heavy atom. The maximum Gasteiger partial charge on any atom is 0.320 e. The number of carboxylic acids is 1. The molecule has 0 spiro atoms. The molecule has 0 amide bonds. The van der Waals surface area contributed by atoms with Crippen molar-refractivity contribution in [1.29, 1.82) is 0 Å². The summed E-state index contributed by atoms with van der Waals surface area (Å²) in [6.45, 7) is 1.51. The van der Waals surface area contributed by atoms with Gasteiger partial charge in [0.15, 0.2) is 0 Å². The van der Waals surface area contributed by atoms with Gasteiger partial charge in [-0.25, -0.2) is 0 Å². The summed E-state index contributed by atoms with van der Waals surface area (Å²) in [5.41, 5.74) is 0. The van der Waals surface area contributed by atoms with Gasteiger partial charge in [0, 0.05) is 12.6 Å². The molecule has 2 heterocycles. The highest BCUT2D eigenvalue weighted by Crippen LogP contribution is 2.33. The van der Waals surface area contributed by atoms with Crippen LogP contribution in [0.5, 0.6) is 0 Å². The van der Waals surface area contributed by atoms with Crippen LogP contribution in [0.1, 0.15) is 12.8 Å². The Morgan fingerprint density at radius 2 is 2.38 bits per heavy atom. The zero-order chi connectivity index (χ0) is 9.42. The largest absolute Gasteiger partial charge is 0.480 e. The van der Waals surface area contributed by atoms with E-state index in [2.05, 4.69) is 0 Å². The fourth-order valence-corrected chi connectivity index (χ4v) is 2.51. The van der Waals surface area contributed by atoms with Crippen molar-refractivity contribution in [3.63, 3.8) is 0 Å². The molecular formula is C9H15NO3. The number of ether oxygens (including phenoxy) is 1. The molecule has 2 aliphatic heterocycles. The SMILES string of the molecule is CN1C(C(=O)O)CC2COCCC21. The first kappa shape index (κ1) is 8.97. The average molecular weight is 185 g/mol. The number of hydrogen-bond acceptors (Lipinski definition) is 3. The van der Waals surface area contributed by atoms with Crippen LogP contribution >= 0.6 is 0 Å². The van der Waals surface area contributed by atoms with E-state index >= 15 is 0 Å². The molecule has 0 saturated carbocycles. The van der Waals surface area contributed by atoms with Crippen LogP contribution in [0.3, 0.4) is 0 Å². The van der Waals surface area contributed by atoms with E-state index in [0.717, 1.165) is 26.1 Å². The molecule has 1 N–H and O–H groups in total. The summed E-state index contributed by atoms with van der Waals surface area (Å²) in [5.74, 6) is -0.267. The summed E-state index contributed by atoms with van der Waals surface area (Å²) < 4.78 is 5.34. The van der Waals surface area contributed by atoms with E-state index < -0.39 is 5.97 Å². The van der Waals surface area contributed by atoms with E-state index in [4.69, 9.17) is 9.84 Å². The van der Waals surface area contributed by atoms with Crippen LogP contribution in [0.25, 0.3) is 0 Å². The van der Waals surface area contributed by atoms with Crippen LogP contribution in [0.2, 0.25) is 0 Å². The number of rotatable bonds is 1. The molecule has 4 nitrogen and oxygen atoms in total. The van der Waals surface area contributed by atoms with Gasteiger partial charge >= 0.3 is 5.97 Å². The van der Waals surface area contributed by atoms with E-state index in [9.17, 15) is 4.79 Å². The maximum atomic E-state index is 10.9. The minimum absolute atomic E-state index is 0.295. The Morgan fingerprint density at radius 1 is 1.62 bits per heavy atom. The van der Waals surface area contributed by atoms with Gasteiger partial charge in [-0.15, -0.1) is 0 Å². The molecule has 0 aromatic heterocycles. The van der Waals surface area contributed by atoms with Gasteiger partial charge in [-0.1, -0.05) is 0 Å². The minimum Gasteiger partial charge on any atom is -0.480 e. The van der Waals surface area contributed by atoms with Crippen LogP contribution in [0, 0.1) is 5.92 Å². The highest BCUT2D eigenvalue weighted by atomic mass is 16.5. The lowest BCUT2D eigenvalue weighted by molar-refractivity contribution is -0.142. The number of likely N-dealkylation sites (N-methyl/N-ethyl adjacent to an activating group) is 1. The molecule has 4 heteroatoms. The topological polar surface area (TPSA) is 49.8 Å². The summed E-state index contributed by atoms with van der Waals surface area (Å²) in [6.07, 6.45) is 1.72. The van der Waals surface area contributed by atoms with Gasteiger partial charge in [0.25, 0.3) is 0 Å². The molecule has 13 heavy (non-hydrogen) atoms. The molecule has 2 fully saturated rings. The van der Waals surface area contributed by atoms with Crippen LogP contribution in [0.15, 0.2) is 0 Å². The Kier molecular flexibility index (Phi) is 2.26. The van der Waals surface area contributed by atoms with Gasteiger partial charge in [-0.2, -0.15) is 0 Å². The smallest absolute Gasteiger partial charge is 0.320 e. The van der Waals surface area contributed by atoms with Gasteiger partial charge < -0.3 is 9.84 Å². The predicted octanol–water partition coefficient (Wildman–Crippen LogP) is 0.180. The number of carboxylic acid groups (broad SMARTS) is 1. The number of carbonyl (C=O) groups is 1. The van der Waals surface area contributed by atoms with Crippen molar-refractivity contribution < 1.29 is 14.6 Å². The second-order valence-electron chi connectivity index (χ2n) is 3.95. The molecule has 0 aromatic rings. The average Bonchev–Trinajstić information content (AvgIpc) is 2.45. The zero-order valence-electron chi connectivity index (χ0n) is 7.77. The normalized spacial score (nSPS) is 40.2. The number of nitrogens with zero attached hydrogens (tertiary/aromatic N) is 1. The molecule has 0 radical (unpaired) electrons. The summed E-state index contributed by atoms with van der Waals surface area (Å²) in [7, 11) is 1.91. The van der Waals surface area contributed by atoms with E-state index in [0.29, 0.717) is 12.0 Å². The number of fused-ring (bicyclic) bond motifs is 1. The Labute approximate surface area is 77.5 Å². The van der Waals surface area contributed by atoms with Crippen molar-refractivity contribution in [2.75, 3.05) is 20.3 Å².